The van der Waals surface area contributed by atoms with E-state index in [0.29, 0.717) is 11.3 Å². The highest BCUT2D eigenvalue weighted by molar-refractivity contribution is 8.02. The number of nitrogens with one attached hydrogen (secondary N) is 1. The second-order valence-electron chi connectivity index (χ2n) is 5.61. The van der Waals surface area contributed by atoms with Crippen molar-refractivity contribution in [2.45, 2.75) is 16.6 Å². The van der Waals surface area contributed by atoms with Crippen LogP contribution in [-0.4, -0.2) is 23.6 Å². The zero-order chi connectivity index (χ0) is 17.3. The Hall–Kier alpha value is -2.78. The van der Waals surface area contributed by atoms with Crippen LogP contribution in [0.25, 0.3) is 0 Å². The van der Waals surface area contributed by atoms with Crippen LogP contribution in [0.4, 0.5) is 11.4 Å². The largest absolute Gasteiger partial charge is 0.324 e. The van der Waals surface area contributed by atoms with E-state index < -0.39 is 4.75 Å². The average molecular weight is 337 g/mol. The molecule has 24 heavy (non-hydrogen) atoms. The van der Waals surface area contributed by atoms with Gasteiger partial charge >= 0.3 is 0 Å². The average Bonchev–Trinajstić information content (AvgIpc) is 2.60. The minimum Gasteiger partial charge on any atom is -0.324 e. The first kappa shape index (κ1) is 16.1. The van der Waals surface area contributed by atoms with Crippen LogP contribution < -0.4 is 10.2 Å². The number of benzene rings is 2. The van der Waals surface area contributed by atoms with Crippen molar-refractivity contribution in [3.63, 3.8) is 0 Å². The number of carbonyl (C=O) groups is 2. The van der Waals surface area contributed by atoms with Crippen molar-refractivity contribution in [3.8, 4) is 6.07 Å². The predicted octanol–water partition coefficient (Wildman–Crippen LogP) is 3.02. The van der Waals surface area contributed by atoms with Gasteiger partial charge in [0, 0.05) is 17.6 Å². The molecular formula is C18H15N3O2S. The molecule has 0 fully saturated rings. The van der Waals surface area contributed by atoms with Gasteiger partial charge in [0.2, 0.25) is 5.91 Å². The van der Waals surface area contributed by atoms with Gasteiger partial charge in [0.1, 0.15) is 0 Å². The summed E-state index contributed by atoms with van der Waals surface area (Å²) in [4.78, 5) is 27.9. The number of hydrogen-bond acceptors (Lipinski definition) is 4. The molecule has 6 heteroatoms. The van der Waals surface area contributed by atoms with Gasteiger partial charge < -0.3 is 10.2 Å². The molecule has 0 radical (unpaired) electrons. The van der Waals surface area contributed by atoms with E-state index in [-0.39, 0.29) is 11.8 Å². The van der Waals surface area contributed by atoms with Crippen LogP contribution in [0.5, 0.6) is 0 Å². The van der Waals surface area contributed by atoms with Gasteiger partial charge in [-0.2, -0.15) is 5.26 Å². The molecule has 0 saturated carbocycles. The molecule has 120 valence electrons. The van der Waals surface area contributed by atoms with Gasteiger partial charge in [0.25, 0.3) is 5.91 Å². The number of nitriles is 1. The summed E-state index contributed by atoms with van der Waals surface area (Å²) in [6.07, 6.45) is 0. The standard InChI is InChI=1S/C18H15N3O2S/c1-18(16(22)20-13-9-7-12(11-19)8-10-13)17(23)21(2)14-5-3-4-6-15(14)24-18/h3-10H,1-2H3,(H,20,22). The zero-order valence-electron chi connectivity index (χ0n) is 13.2. The molecule has 1 N–H and O–H groups in total. The first-order valence-electron chi connectivity index (χ1n) is 7.33. The summed E-state index contributed by atoms with van der Waals surface area (Å²) in [5.74, 6) is -0.652. The monoisotopic (exact) mass is 337 g/mol. The van der Waals surface area contributed by atoms with Crippen molar-refractivity contribution in [3.05, 3.63) is 54.1 Å². The number of hydrogen-bond donors (Lipinski definition) is 1. The predicted molar refractivity (Wildman–Crippen MR) is 93.9 cm³/mol. The first-order chi connectivity index (χ1) is 11.5. The van der Waals surface area contributed by atoms with Gasteiger partial charge in [0.05, 0.1) is 17.3 Å². The SMILES string of the molecule is CN1C(=O)C(C)(C(=O)Nc2ccc(C#N)cc2)Sc2ccccc21. The maximum absolute atomic E-state index is 12.8. The third-order valence-electron chi connectivity index (χ3n) is 3.96. The molecule has 0 aliphatic carbocycles. The number of carbonyl (C=O) groups excluding carboxylic acids is 2. The molecule has 1 aliphatic heterocycles. The summed E-state index contributed by atoms with van der Waals surface area (Å²) in [7, 11) is 1.67. The Morgan fingerprint density at radius 1 is 1.21 bits per heavy atom. The summed E-state index contributed by atoms with van der Waals surface area (Å²) in [5.41, 5.74) is 1.86. The third-order valence-corrected chi connectivity index (χ3v) is 5.29. The molecular weight excluding hydrogens is 322 g/mol. The smallest absolute Gasteiger partial charge is 0.252 e. The Balaban J connectivity index is 1.88. The fraction of sp³-hybridized carbons (Fsp3) is 0.167. The van der Waals surface area contributed by atoms with Gasteiger partial charge in [-0.25, -0.2) is 0 Å². The van der Waals surface area contributed by atoms with Crippen LogP contribution in [0.3, 0.4) is 0 Å². The lowest BCUT2D eigenvalue weighted by atomic mass is 10.1. The molecule has 1 aliphatic rings. The lowest BCUT2D eigenvalue weighted by Crippen LogP contribution is -2.53. The molecule has 0 spiro atoms. The topological polar surface area (TPSA) is 73.2 Å². The molecule has 0 aromatic heterocycles. The summed E-state index contributed by atoms with van der Waals surface area (Å²) in [5, 5.41) is 11.6. The second-order valence-corrected chi connectivity index (χ2v) is 7.07. The number of para-hydroxylation sites is 1. The highest BCUT2D eigenvalue weighted by Gasteiger charge is 2.48. The maximum atomic E-state index is 12.8. The second kappa shape index (κ2) is 6.02. The normalized spacial score (nSPS) is 19.4. The molecule has 2 aromatic carbocycles. The molecule has 1 unspecified atom stereocenters. The Morgan fingerprint density at radius 3 is 2.54 bits per heavy atom. The Kier molecular flexibility index (Phi) is 4.04. The number of amides is 2. The van der Waals surface area contributed by atoms with E-state index in [1.165, 1.54) is 16.7 Å². The molecule has 5 nitrogen and oxygen atoms in total. The molecule has 1 heterocycles. The molecule has 3 rings (SSSR count). The van der Waals surface area contributed by atoms with Crippen molar-refractivity contribution in [1.82, 2.24) is 0 Å². The fourth-order valence-electron chi connectivity index (χ4n) is 2.54. The van der Waals surface area contributed by atoms with Crippen LogP contribution in [0.15, 0.2) is 53.4 Å². The lowest BCUT2D eigenvalue weighted by Gasteiger charge is -2.36. The molecule has 2 amide bonds. The number of nitrogens with zero attached hydrogens (tertiary/aromatic N) is 2. The fourth-order valence-corrected chi connectivity index (χ4v) is 3.80. The first-order valence-corrected chi connectivity index (χ1v) is 8.15. The highest BCUT2D eigenvalue weighted by Crippen LogP contribution is 2.45. The quantitative estimate of drug-likeness (QED) is 0.855. The number of rotatable bonds is 2. The highest BCUT2D eigenvalue weighted by atomic mass is 32.2. The number of fused-ring (bicyclic) bond motifs is 1. The van der Waals surface area contributed by atoms with Crippen LogP contribution in [0, 0.1) is 11.3 Å². The van der Waals surface area contributed by atoms with Crippen LogP contribution >= 0.6 is 11.8 Å². The van der Waals surface area contributed by atoms with Crippen molar-refractivity contribution >= 4 is 35.0 Å². The Morgan fingerprint density at radius 2 is 1.88 bits per heavy atom. The zero-order valence-corrected chi connectivity index (χ0v) is 14.1. The minimum absolute atomic E-state index is 0.266. The molecule has 1 atom stereocenters. The van der Waals surface area contributed by atoms with Gasteiger partial charge in [-0.1, -0.05) is 23.9 Å². The molecule has 2 aromatic rings. The summed E-state index contributed by atoms with van der Waals surface area (Å²) < 4.78 is -1.25. The summed E-state index contributed by atoms with van der Waals surface area (Å²) in [6, 6.07) is 16.1. The number of thioether (sulfide) groups is 1. The van der Waals surface area contributed by atoms with E-state index in [1.807, 2.05) is 30.3 Å². The van der Waals surface area contributed by atoms with Crippen molar-refractivity contribution in [2.24, 2.45) is 0 Å². The minimum atomic E-state index is -1.25. The van der Waals surface area contributed by atoms with E-state index in [0.717, 1.165) is 10.6 Å². The Labute approximate surface area is 144 Å². The summed E-state index contributed by atoms with van der Waals surface area (Å²) >= 11 is 1.25. The van der Waals surface area contributed by atoms with E-state index >= 15 is 0 Å². The van der Waals surface area contributed by atoms with Gasteiger partial charge in [-0.05, 0) is 43.3 Å². The van der Waals surface area contributed by atoms with E-state index in [4.69, 9.17) is 5.26 Å². The molecule has 0 saturated heterocycles. The van der Waals surface area contributed by atoms with E-state index in [1.54, 1.807) is 38.2 Å². The van der Waals surface area contributed by atoms with Gasteiger partial charge in [-0.3, -0.25) is 9.59 Å². The van der Waals surface area contributed by atoms with Crippen molar-refractivity contribution in [1.29, 1.82) is 5.26 Å². The lowest BCUT2D eigenvalue weighted by molar-refractivity contribution is -0.128. The maximum Gasteiger partial charge on any atom is 0.252 e. The van der Waals surface area contributed by atoms with Crippen LogP contribution in [0.1, 0.15) is 12.5 Å². The molecule has 0 bridgehead atoms. The van der Waals surface area contributed by atoms with Crippen LogP contribution in [-0.2, 0) is 9.59 Å². The number of anilines is 2. The van der Waals surface area contributed by atoms with Gasteiger partial charge in [-0.15, -0.1) is 0 Å². The Bertz CT molecular complexity index is 857. The van der Waals surface area contributed by atoms with E-state index in [9.17, 15) is 9.59 Å². The van der Waals surface area contributed by atoms with Crippen molar-refractivity contribution in [2.75, 3.05) is 17.3 Å². The van der Waals surface area contributed by atoms with Gasteiger partial charge in [0.15, 0.2) is 4.75 Å². The van der Waals surface area contributed by atoms with Crippen molar-refractivity contribution < 1.29 is 9.59 Å². The van der Waals surface area contributed by atoms with Crippen LogP contribution in [0.2, 0.25) is 0 Å². The summed E-state index contributed by atoms with van der Waals surface area (Å²) in [6.45, 7) is 1.63. The van der Waals surface area contributed by atoms with E-state index in [2.05, 4.69) is 5.32 Å². The third kappa shape index (κ3) is 2.63.